The van der Waals surface area contributed by atoms with E-state index in [1.807, 2.05) is 11.8 Å². The number of ether oxygens (including phenoxy) is 1. The second-order valence-corrected chi connectivity index (χ2v) is 4.41. The largest absolute Gasteiger partial charge is 0.463 e. The number of likely N-dealkylation sites (N-methyl/N-ethyl adjacent to an activating group) is 1. The molecule has 0 aliphatic heterocycles. The molecule has 0 amide bonds. The third kappa shape index (κ3) is 9.39. The zero-order chi connectivity index (χ0) is 13.8. The first-order chi connectivity index (χ1) is 8.63. The average molecular weight is 261 g/mol. The van der Waals surface area contributed by atoms with Crippen LogP contribution in [0.2, 0.25) is 0 Å². The smallest absolute Gasteiger partial charge is 0.305 e. The topological polar surface area (TPSA) is 70.0 Å². The second kappa shape index (κ2) is 11.4. The minimum absolute atomic E-state index is 0.0346. The maximum absolute atomic E-state index is 11.3. The Labute approximate surface area is 110 Å². The molecular weight excluding hydrogens is 234 g/mol. The summed E-state index contributed by atoms with van der Waals surface area (Å²) >= 11 is 0. The zero-order valence-electron chi connectivity index (χ0n) is 11.6. The van der Waals surface area contributed by atoms with Crippen LogP contribution in [0.1, 0.15) is 39.5 Å². The summed E-state index contributed by atoms with van der Waals surface area (Å²) in [7, 11) is 0. The van der Waals surface area contributed by atoms with Gasteiger partial charge in [0.15, 0.2) is 0 Å². The monoisotopic (exact) mass is 261 g/mol. The number of rotatable bonds is 11. The maximum Gasteiger partial charge on any atom is 0.305 e. The Morgan fingerprint density at radius 2 is 2.06 bits per heavy atom. The molecule has 0 aromatic carbocycles. The molecule has 2 N–H and O–H groups in total. The van der Waals surface area contributed by atoms with Crippen molar-refractivity contribution in [1.82, 2.24) is 4.90 Å². The number of nitrogens with zero attached hydrogens (tertiary/aromatic N) is 1. The molecule has 1 atom stereocenters. The fourth-order valence-electron chi connectivity index (χ4n) is 1.65. The Bertz CT molecular complexity index is 211. The van der Waals surface area contributed by atoms with Gasteiger partial charge in [0.1, 0.15) is 12.7 Å². The van der Waals surface area contributed by atoms with E-state index in [1.54, 1.807) is 0 Å². The summed E-state index contributed by atoms with van der Waals surface area (Å²) in [5, 5.41) is 18.5. The molecule has 0 bridgehead atoms. The van der Waals surface area contributed by atoms with Crippen LogP contribution in [-0.4, -0.2) is 60.0 Å². The highest BCUT2D eigenvalue weighted by atomic mass is 16.5. The molecular formula is C13H27NO4. The Morgan fingerprint density at radius 1 is 1.33 bits per heavy atom. The molecule has 0 saturated carbocycles. The van der Waals surface area contributed by atoms with Gasteiger partial charge in [-0.1, -0.05) is 26.7 Å². The molecule has 5 heteroatoms. The Kier molecular flexibility index (Phi) is 11.0. The number of carbonyl (C=O) groups excluding carboxylic acids is 1. The highest BCUT2D eigenvalue weighted by molar-refractivity contribution is 5.69. The number of hydrogen-bond acceptors (Lipinski definition) is 5. The first kappa shape index (κ1) is 17.4. The lowest BCUT2D eigenvalue weighted by Crippen LogP contribution is -2.37. The lowest BCUT2D eigenvalue weighted by Gasteiger charge is -2.22. The molecule has 0 spiro atoms. The molecule has 18 heavy (non-hydrogen) atoms. The van der Waals surface area contributed by atoms with Crippen molar-refractivity contribution in [2.24, 2.45) is 0 Å². The van der Waals surface area contributed by atoms with Crippen molar-refractivity contribution in [3.05, 3.63) is 0 Å². The summed E-state index contributed by atoms with van der Waals surface area (Å²) in [6.45, 7) is 5.83. The van der Waals surface area contributed by atoms with Crippen LogP contribution in [-0.2, 0) is 9.53 Å². The minimum Gasteiger partial charge on any atom is -0.463 e. The van der Waals surface area contributed by atoms with Crippen LogP contribution >= 0.6 is 0 Å². The fraction of sp³-hybridized carbons (Fsp3) is 0.923. The molecule has 0 heterocycles. The van der Waals surface area contributed by atoms with Gasteiger partial charge in [-0.05, 0) is 13.0 Å². The second-order valence-electron chi connectivity index (χ2n) is 4.41. The molecule has 0 aromatic heterocycles. The first-order valence-corrected chi connectivity index (χ1v) is 6.80. The Balaban J connectivity index is 3.67. The molecule has 0 saturated heterocycles. The van der Waals surface area contributed by atoms with E-state index in [0.29, 0.717) is 19.5 Å². The van der Waals surface area contributed by atoms with Crippen molar-refractivity contribution in [2.75, 3.05) is 32.8 Å². The molecule has 0 rings (SSSR count). The Hall–Kier alpha value is -0.650. The van der Waals surface area contributed by atoms with Crippen molar-refractivity contribution in [3.63, 3.8) is 0 Å². The van der Waals surface area contributed by atoms with Crippen LogP contribution < -0.4 is 0 Å². The molecule has 0 aliphatic carbocycles. The number of unbranched alkanes of at least 4 members (excludes halogenated alkanes) is 2. The number of aliphatic hydroxyl groups is 2. The average Bonchev–Trinajstić information content (AvgIpc) is 2.36. The van der Waals surface area contributed by atoms with Crippen molar-refractivity contribution in [1.29, 1.82) is 0 Å². The van der Waals surface area contributed by atoms with E-state index in [9.17, 15) is 9.90 Å². The van der Waals surface area contributed by atoms with Gasteiger partial charge in [0.2, 0.25) is 0 Å². The summed E-state index contributed by atoms with van der Waals surface area (Å²) in [4.78, 5) is 13.2. The highest BCUT2D eigenvalue weighted by Crippen LogP contribution is 2.01. The van der Waals surface area contributed by atoms with E-state index in [4.69, 9.17) is 9.84 Å². The minimum atomic E-state index is -0.688. The van der Waals surface area contributed by atoms with Gasteiger partial charge in [-0.3, -0.25) is 9.69 Å². The maximum atomic E-state index is 11.3. The molecule has 0 radical (unpaired) electrons. The van der Waals surface area contributed by atoms with Crippen LogP contribution in [0.4, 0.5) is 0 Å². The summed E-state index contributed by atoms with van der Waals surface area (Å²) in [5.41, 5.74) is 0. The van der Waals surface area contributed by atoms with E-state index in [2.05, 4.69) is 6.92 Å². The summed E-state index contributed by atoms with van der Waals surface area (Å²) in [6, 6.07) is 0. The summed E-state index contributed by atoms with van der Waals surface area (Å²) in [5.74, 6) is -0.243. The third-order valence-electron chi connectivity index (χ3n) is 2.75. The lowest BCUT2D eigenvalue weighted by atomic mass is 10.2. The quantitative estimate of drug-likeness (QED) is 0.425. The predicted molar refractivity (Wildman–Crippen MR) is 70.3 cm³/mol. The number of hydrogen-bond donors (Lipinski definition) is 2. The van der Waals surface area contributed by atoms with Crippen molar-refractivity contribution in [3.8, 4) is 0 Å². The highest BCUT2D eigenvalue weighted by Gasteiger charge is 2.12. The van der Waals surface area contributed by atoms with E-state index in [1.165, 1.54) is 0 Å². The fourth-order valence-corrected chi connectivity index (χ4v) is 1.65. The van der Waals surface area contributed by atoms with Crippen molar-refractivity contribution < 1.29 is 19.7 Å². The van der Waals surface area contributed by atoms with Crippen LogP contribution in [0.25, 0.3) is 0 Å². The third-order valence-corrected chi connectivity index (χ3v) is 2.75. The van der Waals surface area contributed by atoms with Gasteiger partial charge in [0.25, 0.3) is 0 Å². The molecule has 1 unspecified atom stereocenters. The van der Waals surface area contributed by atoms with Crippen LogP contribution in [0.3, 0.4) is 0 Å². The van der Waals surface area contributed by atoms with Gasteiger partial charge in [-0.15, -0.1) is 0 Å². The van der Waals surface area contributed by atoms with Gasteiger partial charge >= 0.3 is 5.97 Å². The van der Waals surface area contributed by atoms with E-state index in [-0.39, 0.29) is 19.2 Å². The van der Waals surface area contributed by atoms with Gasteiger partial charge in [0, 0.05) is 19.5 Å². The van der Waals surface area contributed by atoms with Crippen LogP contribution in [0.5, 0.6) is 0 Å². The van der Waals surface area contributed by atoms with E-state index in [0.717, 1.165) is 25.8 Å². The Morgan fingerprint density at radius 3 is 2.61 bits per heavy atom. The molecule has 0 aliphatic rings. The number of aliphatic hydroxyl groups excluding tert-OH is 2. The summed E-state index contributed by atoms with van der Waals surface area (Å²) in [6.07, 6.45) is 2.68. The normalized spacial score (nSPS) is 12.7. The van der Waals surface area contributed by atoms with Crippen LogP contribution in [0, 0.1) is 0 Å². The van der Waals surface area contributed by atoms with Crippen LogP contribution in [0.15, 0.2) is 0 Å². The molecule has 0 fully saturated rings. The number of carbonyl (C=O) groups is 1. The zero-order valence-corrected chi connectivity index (χ0v) is 11.6. The van der Waals surface area contributed by atoms with Crippen molar-refractivity contribution in [2.45, 2.75) is 45.6 Å². The summed E-state index contributed by atoms with van der Waals surface area (Å²) < 4.78 is 5.00. The van der Waals surface area contributed by atoms with E-state index < -0.39 is 6.10 Å². The first-order valence-electron chi connectivity index (χ1n) is 6.80. The van der Waals surface area contributed by atoms with Gasteiger partial charge in [0.05, 0.1) is 6.61 Å². The molecule has 5 nitrogen and oxygen atoms in total. The SMILES string of the molecule is CCCCCC(=O)OCC(O)CN(CC)CCO. The number of esters is 1. The van der Waals surface area contributed by atoms with Gasteiger partial charge in [-0.25, -0.2) is 0 Å². The van der Waals surface area contributed by atoms with Gasteiger partial charge in [-0.2, -0.15) is 0 Å². The van der Waals surface area contributed by atoms with Crippen molar-refractivity contribution >= 4 is 5.97 Å². The predicted octanol–water partition coefficient (Wildman–Crippen LogP) is 0.785. The standard InChI is InChI=1S/C13H27NO4/c1-3-5-6-7-13(17)18-11-12(16)10-14(4-2)8-9-15/h12,15-16H,3-11H2,1-2H3. The molecule has 0 aromatic rings. The molecule has 108 valence electrons. The van der Waals surface area contributed by atoms with E-state index >= 15 is 0 Å². The van der Waals surface area contributed by atoms with Gasteiger partial charge < -0.3 is 14.9 Å². The lowest BCUT2D eigenvalue weighted by molar-refractivity contribution is -0.147.